The van der Waals surface area contributed by atoms with Crippen LogP contribution in [0.15, 0.2) is 0 Å². The maximum absolute atomic E-state index is 13.1. The van der Waals surface area contributed by atoms with Gasteiger partial charge in [0, 0.05) is 66.0 Å². The molecular formula is C27H53N5O10S. The molecule has 0 bridgehead atoms. The Bertz CT molecular complexity index is 939. The largest absolute Gasteiger partial charge is 0.465 e. The Hall–Kier alpha value is -1.92. The Labute approximate surface area is 257 Å². The predicted molar refractivity (Wildman–Crippen MR) is 160 cm³/mol. The Morgan fingerprint density at radius 3 is 1.67 bits per heavy atom. The number of rotatable bonds is 16. The zero-order chi connectivity index (χ0) is 32.4. The second-order valence-corrected chi connectivity index (χ2v) is 12.3. The van der Waals surface area contributed by atoms with Crippen molar-refractivity contribution in [3.8, 4) is 0 Å². The molecule has 252 valence electrons. The summed E-state index contributed by atoms with van der Waals surface area (Å²) in [6.07, 6.45) is -0.457. The second kappa shape index (κ2) is 20.9. The van der Waals surface area contributed by atoms with Crippen LogP contribution in [0.4, 0.5) is 0 Å². The lowest BCUT2D eigenvalue weighted by molar-refractivity contribution is -0.147. The predicted octanol–water partition coefficient (Wildman–Crippen LogP) is -1.49. The molecule has 0 spiro atoms. The van der Waals surface area contributed by atoms with Crippen LogP contribution in [0.3, 0.4) is 0 Å². The Balaban J connectivity index is 3.60. The number of hydrogen-bond donors (Lipinski definition) is 1. The van der Waals surface area contributed by atoms with Crippen LogP contribution in [0.2, 0.25) is 0 Å². The molecule has 0 saturated carbocycles. The fourth-order valence-corrected chi connectivity index (χ4v) is 5.88. The van der Waals surface area contributed by atoms with Crippen molar-refractivity contribution in [2.75, 3.05) is 118 Å². The summed E-state index contributed by atoms with van der Waals surface area (Å²) in [7, 11) is -2.32. The molecule has 0 radical (unpaired) electrons. The number of esters is 3. The van der Waals surface area contributed by atoms with Gasteiger partial charge in [-0.25, -0.2) is 8.42 Å². The van der Waals surface area contributed by atoms with Gasteiger partial charge in [-0.15, -0.1) is 0 Å². The van der Waals surface area contributed by atoms with Crippen molar-refractivity contribution in [1.29, 1.82) is 0 Å². The van der Waals surface area contributed by atoms with Crippen molar-refractivity contribution >= 4 is 27.9 Å². The lowest BCUT2D eigenvalue weighted by Crippen LogP contribution is -2.60. The van der Waals surface area contributed by atoms with Gasteiger partial charge in [-0.3, -0.25) is 34.0 Å². The highest BCUT2D eigenvalue weighted by molar-refractivity contribution is 7.88. The van der Waals surface area contributed by atoms with Crippen molar-refractivity contribution in [2.45, 2.75) is 40.0 Å². The van der Waals surface area contributed by atoms with Gasteiger partial charge < -0.3 is 24.1 Å². The van der Waals surface area contributed by atoms with E-state index in [2.05, 4.69) is 0 Å². The number of β-amino-alcohol motifs (C(OH)–C–C–N with tert-alkyl or cyclic N) is 1. The van der Waals surface area contributed by atoms with Crippen LogP contribution in [0, 0.1) is 0 Å². The molecule has 2 unspecified atom stereocenters. The number of sulfonamides is 1. The Morgan fingerprint density at radius 1 is 0.814 bits per heavy atom. The first-order valence-electron chi connectivity index (χ1n) is 14.9. The Kier molecular flexibility index (Phi) is 19.0. The summed E-state index contributed by atoms with van der Waals surface area (Å²) in [4.78, 5) is 45.1. The van der Waals surface area contributed by atoms with Gasteiger partial charge in [-0.05, 0) is 27.7 Å². The quantitative estimate of drug-likeness (QED) is 0.154. The number of carbonyl (C=O) groups excluding carboxylic acids is 3. The van der Waals surface area contributed by atoms with Crippen LogP contribution in [0.25, 0.3) is 0 Å². The summed E-state index contributed by atoms with van der Waals surface area (Å²) in [6.45, 7) is 9.89. The topological polar surface area (TPSA) is 159 Å². The van der Waals surface area contributed by atoms with Gasteiger partial charge in [-0.1, -0.05) is 0 Å². The van der Waals surface area contributed by atoms with E-state index in [-0.39, 0.29) is 78.2 Å². The molecule has 0 aliphatic carbocycles. The number of aliphatic hydroxyl groups is 1. The number of hydrogen-bond acceptors (Lipinski definition) is 14. The van der Waals surface area contributed by atoms with E-state index in [0.717, 1.165) is 6.26 Å². The highest BCUT2D eigenvalue weighted by Crippen LogP contribution is 2.15. The van der Waals surface area contributed by atoms with Crippen molar-refractivity contribution in [3.63, 3.8) is 0 Å². The summed E-state index contributed by atoms with van der Waals surface area (Å²) in [5, 5.41) is 10.3. The molecule has 15 nitrogen and oxygen atoms in total. The first kappa shape index (κ1) is 39.1. The second-order valence-electron chi connectivity index (χ2n) is 10.4. The molecule has 1 rings (SSSR count). The van der Waals surface area contributed by atoms with Crippen molar-refractivity contribution in [1.82, 2.24) is 23.9 Å². The minimum absolute atomic E-state index is 0.0212. The van der Waals surface area contributed by atoms with Crippen LogP contribution in [0.1, 0.15) is 27.7 Å². The van der Waals surface area contributed by atoms with E-state index in [0.29, 0.717) is 32.7 Å². The van der Waals surface area contributed by atoms with Gasteiger partial charge >= 0.3 is 17.9 Å². The van der Waals surface area contributed by atoms with Crippen LogP contribution >= 0.6 is 0 Å². The van der Waals surface area contributed by atoms with Crippen molar-refractivity contribution in [3.05, 3.63) is 0 Å². The summed E-state index contributed by atoms with van der Waals surface area (Å²) in [6, 6.07) is 0. The molecule has 16 heteroatoms. The maximum atomic E-state index is 13.1. The molecule has 0 aromatic rings. The number of nitrogens with zero attached hydrogens (tertiary/aromatic N) is 5. The SMILES string of the molecule is CCOC(=O)CN1CCN(CC(=O)OCC)CCN(CC(=O)OCC)C(N(CCOC)S(C)(=O)=O)CN(CC(C)O)CC1. The van der Waals surface area contributed by atoms with E-state index in [9.17, 15) is 27.9 Å². The molecule has 0 aromatic carbocycles. The standard InChI is InChI=1S/C27H53N5O10S/c1-7-40-25(34)20-28-10-11-29(21-26(35)41-8-2)14-15-31(22-27(36)42-9-3)24(19-30(13-12-28)18-23(4)33)32(16-17-39-5)43(6,37)38/h23-24,33H,7-22H2,1-6H3. The highest BCUT2D eigenvalue weighted by Gasteiger charge is 2.35. The molecule has 0 amide bonds. The van der Waals surface area contributed by atoms with E-state index in [4.69, 9.17) is 18.9 Å². The number of aliphatic hydroxyl groups excluding tert-OH is 1. The molecule has 1 heterocycles. The molecule has 1 aliphatic rings. The van der Waals surface area contributed by atoms with Crippen molar-refractivity contribution < 1.29 is 46.9 Å². The van der Waals surface area contributed by atoms with Crippen LogP contribution in [-0.2, 0) is 43.4 Å². The molecule has 0 aromatic heterocycles. The first-order chi connectivity index (χ1) is 20.3. The third-order valence-electron chi connectivity index (χ3n) is 6.76. The summed E-state index contributed by atoms with van der Waals surface area (Å²) < 4.78 is 48.4. The fourth-order valence-electron chi connectivity index (χ4n) is 4.83. The summed E-state index contributed by atoms with van der Waals surface area (Å²) in [5.41, 5.74) is 0. The minimum atomic E-state index is -3.80. The normalized spacial score (nSPS) is 19.8. The molecule has 1 N–H and O–H groups in total. The van der Waals surface area contributed by atoms with Gasteiger partial charge in [-0.2, -0.15) is 4.31 Å². The number of ether oxygens (including phenoxy) is 4. The zero-order valence-corrected chi connectivity index (χ0v) is 27.6. The molecule has 1 fully saturated rings. The lowest BCUT2D eigenvalue weighted by Gasteiger charge is -2.42. The third kappa shape index (κ3) is 16.1. The summed E-state index contributed by atoms with van der Waals surface area (Å²) in [5.74, 6) is -1.31. The van der Waals surface area contributed by atoms with E-state index >= 15 is 0 Å². The van der Waals surface area contributed by atoms with Gasteiger partial charge in [0.15, 0.2) is 0 Å². The smallest absolute Gasteiger partial charge is 0.320 e. The average molecular weight is 640 g/mol. The number of carbonyl (C=O) groups is 3. The van der Waals surface area contributed by atoms with E-state index in [1.54, 1.807) is 32.6 Å². The third-order valence-corrected chi connectivity index (χ3v) is 8.04. The first-order valence-corrected chi connectivity index (χ1v) is 16.7. The van der Waals surface area contributed by atoms with E-state index in [1.807, 2.05) is 14.7 Å². The molecule has 43 heavy (non-hydrogen) atoms. The van der Waals surface area contributed by atoms with E-state index in [1.165, 1.54) is 11.4 Å². The van der Waals surface area contributed by atoms with Gasteiger partial charge in [0.2, 0.25) is 10.0 Å². The van der Waals surface area contributed by atoms with E-state index < -0.39 is 34.2 Å². The van der Waals surface area contributed by atoms with Gasteiger partial charge in [0.05, 0.1) is 64.6 Å². The van der Waals surface area contributed by atoms with Gasteiger partial charge in [0.25, 0.3) is 0 Å². The molecular weight excluding hydrogens is 586 g/mol. The molecule has 2 atom stereocenters. The molecule has 1 aliphatic heterocycles. The zero-order valence-electron chi connectivity index (χ0n) is 26.7. The van der Waals surface area contributed by atoms with Crippen LogP contribution < -0.4 is 0 Å². The average Bonchev–Trinajstić information content (AvgIpc) is 2.90. The fraction of sp³-hybridized carbons (Fsp3) is 0.889. The monoisotopic (exact) mass is 639 g/mol. The minimum Gasteiger partial charge on any atom is -0.465 e. The summed E-state index contributed by atoms with van der Waals surface area (Å²) >= 11 is 0. The van der Waals surface area contributed by atoms with Crippen molar-refractivity contribution in [2.24, 2.45) is 0 Å². The van der Waals surface area contributed by atoms with Crippen LogP contribution in [0.5, 0.6) is 0 Å². The highest BCUT2D eigenvalue weighted by atomic mass is 32.2. The Morgan fingerprint density at radius 2 is 1.26 bits per heavy atom. The maximum Gasteiger partial charge on any atom is 0.320 e. The van der Waals surface area contributed by atoms with Gasteiger partial charge in [0.1, 0.15) is 0 Å². The lowest BCUT2D eigenvalue weighted by atomic mass is 10.2. The molecule has 1 saturated heterocycles. The van der Waals surface area contributed by atoms with Crippen LogP contribution in [-0.4, -0.2) is 186 Å². The number of methoxy groups -OCH3 is 1.